The molecule has 1 aromatic rings. The van der Waals surface area contributed by atoms with Gasteiger partial charge in [0.05, 0.1) is 24.4 Å². The van der Waals surface area contributed by atoms with Crippen LogP contribution >= 0.6 is 0 Å². The van der Waals surface area contributed by atoms with Gasteiger partial charge in [-0.25, -0.2) is 4.79 Å². The minimum atomic E-state index is -0.832. The summed E-state index contributed by atoms with van der Waals surface area (Å²) in [6.07, 6.45) is 4.68. The van der Waals surface area contributed by atoms with Crippen LogP contribution in [0.25, 0.3) is 0 Å². The van der Waals surface area contributed by atoms with Gasteiger partial charge in [-0.05, 0) is 67.7 Å². The number of carbonyl (C=O) groups is 1. The van der Waals surface area contributed by atoms with E-state index in [4.69, 9.17) is 23.5 Å². The molecule has 0 saturated carbocycles. The molecule has 1 aromatic heterocycles. The number of ether oxygens (including phenoxy) is 3. The van der Waals surface area contributed by atoms with Crippen molar-refractivity contribution in [3.8, 4) is 5.75 Å². The van der Waals surface area contributed by atoms with Crippen LogP contribution in [-0.4, -0.2) is 54.3 Å². The van der Waals surface area contributed by atoms with Crippen molar-refractivity contribution in [3.63, 3.8) is 0 Å². The van der Waals surface area contributed by atoms with Gasteiger partial charge in [-0.2, -0.15) is 0 Å². The quantitative estimate of drug-likeness (QED) is 0.474. The molecule has 0 aromatic carbocycles. The maximum atomic E-state index is 13.3. The lowest BCUT2D eigenvalue weighted by atomic mass is 9.79. The molecule has 33 heavy (non-hydrogen) atoms. The molecule has 8 nitrogen and oxygen atoms in total. The minimum absolute atomic E-state index is 0.114. The van der Waals surface area contributed by atoms with Gasteiger partial charge >= 0.3 is 13.1 Å². The number of nitrogens with zero attached hydrogens (tertiary/aromatic N) is 1. The largest absolute Gasteiger partial charge is 0.498 e. The summed E-state index contributed by atoms with van der Waals surface area (Å²) in [6.45, 7) is 13.9. The van der Waals surface area contributed by atoms with E-state index in [0.29, 0.717) is 24.2 Å². The predicted molar refractivity (Wildman–Crippen MR) is 126 cm³/mol. The van der Waals surface area contributed by atoms with E-state index in [0.717, 1.165) is 19.3 Å². The lowest BCUT2D eigenvalue weighted by Gasteiger charge is -2.32. The first-order valence-electron chi connectivity index (χ1n) is 11.7. The standard InChI is InChI=1S/C24H38BNO7/c1-22(2,3)31-21(28)18(13-16-11-9-10-12-30-16)26-15-19(29-8)17(14-20(26)27)25-32-23(4,5)24(6,7)33-25/h14-16,18H,9-13H2,1-8H3. The summed E-state index contributed by atoms with van der Waals surface area (Å²) in [6, 6.07) is 0.598. The molecule has 0 bridgehead atoms. The van der Waals surface area contributed by atoms with Crippen LogP contribution < -0.4 is 15.8 Å². The van der Waals surface area contributed by atoms with Gasteiger partial charge < -0.3 is 23.5 Å². The Morgan fingerprint density at radius 3 is 2.36 bits per heavy atom. The van der Waals surface area contributed by atoms with E-state index in [1.165, 1.54) is 17.7 Å². The zero-order chi connectivity index (χ0) is 24.6. The molecule has 0 spiro atoms. The van der Waals surface area contributed by atoms with Gasteiger partial charge in [0.2, 0.25) is 0 Å². The Kier molecular flexibility index (Phi) is 7.37. The summed E-state index contributed by atoms with van der Waals surface area (Å²) in [5, 5.41) is 0. The number of pyridine rings is 1. The van der Waals surface area contributed by atoms with Crippen LogP contribution in [0.1, 0.15) is 80.2 Å². The van der Waals surface area contributed by atoms with Crippen molar-refractivity contribution in [2.75, 3.05) is 13.7 Å². The Hall–Kier alpha value is -1.84. The highest BCUT2D eigenvalue weighted by molar-refractivity contribution is 6.63. The van der Waals surface area contributed by atoms with Crippen LogP contribution in [0.4, 0.5) is 0 Å². The molecule has 0 N–H and O–H groups in total. The van der Waals surface area contributed by atoms with E-state index in [1.807, 2.05) is 48.5 Å². The average Bonchev–Trinajstić information content (AvgIpc) is 2.92. The molecular formula is C24H38BNO7. The van der Waals surface area contributed by atoms with Gasteiger partial charge in [-0.15, -0.1) is 0 Å². The Balaban J connectivity index is 1.98. The van der Waals surface area contributed by atoms with Gasteiger partial charge in [-0.1, -0.05) is 0 Å². The van der Waals surface area contributed by atoms with E-state index in [-0.39, 0.29) is 11.7 Å². The minimum Gasteiger partial charge on any atom is -0.496 e. The molecule has 2 atom stereocenters. The van der Waals surface area contributed by atoms with Crippen LogP contribution in [0.3, 0.4) is 0 Å². The molecule has 2 fully saturated rings. The number of esters is 1. The number of aromatic nitrogens is 1. The Labute approximate surface area is 197 Å². The first kappa shape index (κ1) is 25.8. The monoisotopic (exact) mass is 463 g/mol. The molecule has 0 aliphatic carbocycles. The summed E-state index contributed by atoms with van der Waals surface area (Å²) < 4.78 is 30.8. The third kappa shape index (κ3) is 5.81. The fourth-order valence-electron chi connectivity index (χ4n) is 4.05. The lowest BCUT2D eigenvalue weighted by molar-refractivity contribution is -0.160. The Morgan fingerprint density at radius 2 is 1.85 bits per heavy atom. The third-order valence-corrected chi connectivity index (χ3v) is 6.58. The molecule has 2 unspecified atom stereocenters. The molecule has 2 aliphatic heterocycles. The molecule has 9 heteroatoms. The lowest BCUT2D eigenvalue weighted by Crippen LogP contribution is -2.42. The second-order valence-corrected chi connectivity index (χ2v) is 10.9. The zero-order valence-corrected chi connectivity index (χ0v) is 21.2. The summed E-state index contributed by atoms with van der Waals surface area (Å²) in [5.41, 5.74) is -1.66. The maximum Gasteiger partial charge on any atom is 0.498 e. The number of methoxy groups -OCH3 is 1. The van der Waals surface area contributed by atoms with Crippen LogP contribution in [0.2, 0.25) is 0 Å². The highest BCUT2D eigenvalue weighted by Crippen LogP contribution is 2.37. The molecule has 0 amide bonds. The van der Waals surface area contributed by atoms with E-state index >= 15 is 0 Å². The summed E-state index contributed by atoms with van der Waals surface area (Å²) in [5.74, 6) is -0.0598. The van der Waals surface area contributed by atoms with E-state index in [9.17, 15) is 9.59 Å². The number of hydrogen-bond acceptors (Lipinski definition) is 7. The van der Waals surface area contributed by atoms with Crippen LogP contribution in [0, 0.1) is 0 Å². The highest BCUT2D eigenvalue weighted by atomic mass is 16.7. The topological polar surface area (TPSA) is 85.2 Å². The van der Waals surface area contributed by atoms with Crippen LogP contribution in [-0.2, 0) is 23.6 Å². The molecule has 184 valence electrons. The van der Waals surface area contributed by atoms with Crippen LogP contribution in [0.15, 0.2) is 17.1 Å². The molecular weight excluding hydrogens is 425 g/mol. The molecule has 3 rings (SSSR count). The maximum absolute atomic E-state index is 13.3. The second kappa shape index (κ2) is 9.43. The SMILES string of the molecule is COc1cn(C(CC2CCCCO2)C(=O)OC(C)(C)C)c(=O)cc1B1OC(C)(C)C(C)(C)O1. The first-order valence-corrected chi connectivity index (χ1v) is 11.7. The van der Waals surface area contributed by atoms with Crippen molar-refractivity contribution in [1.82, 2.24) is 4.57 Å². The fourth-order valence-corrected chi connectivity index (χ4v) is 4.05. The van der Waals surface area contributed by atoms with Crippen molar-refractivity contribution in [3.05, 3.63) is 22.6 Å². The third-order valence-electron chi connectivity index (χ3n) is 6.58. The van der Waals surface area contributed by atoms with Crippen molar-refractivity contribution in [2.45, 2.75) is 103 Å². The molecule has 2 aliphatic rings. The van der Waals surface area contributed by atoms with Gasteiger partial charge in [0, 0.05) is 30.8 Å². The van der Waals surface area contributed by atoms with E-state index in [1.54, 1.807) is 6.20 Å². The average molecular weight is 463 g/mol. The Bertz CT molecular complexity index is 896. The van der Waals surface area contributed by atoms with E-state index in [2.05, 4.69) is 0 Å². The smallest absolute Gasteiger partial charge is 0.496 e. The molecule has 3 heterocycles. The fraction of sp³-hybridized carbons (Fsp3) is 0.750. The van der Waals surface area contributed by atoms with Gasteiger partial charge in [-0.3, -0.25) is 9.36 Å². The zero-order valence-electron chi connectivity index (χ0n) is 21.2. The van der Waals surface area contributed by atoms with Crippen LogP contribution in [0.5, 0.6) is 5.75 Å². The van der Waals surface area contributed by atoms with Crippen molar-refractivity contribution in [2.24, 2.45) is 0 Å². The number of hydrogen-bond donors (Lipinski definition) is 0. The summed E-state index contributed by atoms with van der Waals surface area (Å²) in [4.78, 5) is 26.5. The summed E-state index contributed by atoms with van der Waals surface area (Å²) >= 11 is 0. The molecule has 2 saturated heterocycles. The number of rotatable bonds is 6. The van der Waals surface area contributed by atoms with Crippen molar-refractivity contribution >= 4 is 18.6 Å². The van der Waals surface area contributed by atoms with Gasteiger partial charge in [0.1, 0.15) is 17.4 Å². The Morgan fingerprint density at radius 1 is 1.21 bits per heavy atom. The van der Waals surface area contributed by atoms with Crippen molar-refractivity contribution in [1.29, 1.82) is 0 Å². The second-order valence-electron chi connectivity index (χ2n) is 10.9. The van der Waals surface area contributed by atoms with Crippen molar-refractivity contribution < 1.29 is 28.3 Å². The highest BCUT2D eigenvalue weighted by Gasteiger charge is 2.52. The number of carbonyl (C=O) groups excluding carboxylic acids is 1. The summed E-state index contributed by atoms with van der Waals surface area (Å²) in [7, 11) is 0.764. The first-order chi connectivity index (χ1) is 15.2. The molecule has 0 radical (unpaired) electrons. The van der Waals surface area contributed by atoms with Gasteiger partial charge in [0.15, 0.2) is 0 Å². The normalized spacial score (nSPS) is 23.3. The van der Waals surface area contributed by atoms with E-state index < -0.39 is 35.9 Å². The van der Waals surface area contributed by atoms with Gasteiger partial charge in [0.25, 0.3) is 5.56 Å². The predicted octanol–water partition coefficient (Wildman–Crippen LogP) is 3.00.